The fourth-order valence-electron chi connectivity index (χ4n) is 8.80. The van der Waals surface area contributed by atoms with Gasteiger partial charge in [-0.25, -0.2) is 19.2 Å². The molecule has 0 aromatic heterocycles. The molecule has 0 fully saturated rings. The van der Waals surface area contributed by atoms with Crippen LogP contribution in [-0.2, 0) is 89.0 Å². The molecule has 0 aliphatic heterocycles. The van der Waals surface area contributed by atoms with Gasteiger partial charge in [-0.3, -0.25) is 4.79 Å². The molecule has 0 radical (unpaired) electrons. The van der Waals surface area contributed by atoms with Crippen molar-refractivity contribution in [2.24, 2.45) is 0 Å². The van der Waals surface area contributed by atoms with Gasteiger partial charge in [0, 0.05) is 63.5 Å². The molecule has 4 aromatic rings. The number of esters is 5. The van der Waals surface area contributed by atoms with E-state index < -0.39 is 143 Å². The maximum absolute atomic E-state index is 15.3. The van der Waals surface area contributed by atoms with E-state index in [9.17, 15) is 37.1 Å². The second-order valence-corrected chi connectivity index (χ2v) is 18.2. The number of rotatable bonds is 28. The molecule has 0 spiro atoms. The molecular weight excluding hydrogens is 1140 g/mol. The van der Waals surface area contributed by atoms with Crippen molar-refractivity contribution in [3.05, 3.63) is 168 Å². The molecule has 14 nitrogen and oxygen atoms in total. The maximum Gasteiger partial charge on any atom is 0.432 e. The number of methoxy groups -OCH3 is 5. The number of unbranched alkanes of at least 4 members (excludes halogenated alkanes) is 1. The van der Waals surface area contributed by atoms with Crippen molar-refractivity contribution in [3.63, 3.8) is 0 Å². The first-order valence-electron chi connectivity index (χ1n) is 24.9. The minimum absolute atomic E-state index is 0.0413. The first-order chi connectivity index (χ1) is 38.9. The van der Waals surface area contributed by atoms with Gasteiger partial charge in [-0.1, -0.05) is 140 Å². The largest absolute Gasteiger partial charge is 0.469 e. The number of hydrogen-bond acceptors (Lipinski definition) is 14. The third-order valence-corrected chi connectivity index (χ3v) is 13.0. The number of benzene rings is 4. The van der Waals surface area contributed by atoms with Gasteiger partial charge >= 0.3 is 54.6 Å². The number of allylic oxidation sites excluding steroid dienone is 3. The Morgan fingerprint density at radius 3 is 1.08 bits per heavy atom. The highest BCUT2D eigenvalue weighted by atomic mass is 19.4. The topological polar surface area (TPSA) is 168 Å². The minimum atomic E-state index is -5.71. The highest BCUT2D eigenvalue weighted by Crippen LogP contribution is 2.48. The summed E-state index contributed by atoms with van der Waals surface area (Å²) in [6.07, 6.45) is -29.5. The van der Waals surface area contributed by atoms with Crippen molar-refractivity contribution in [2.75, 3.05) is 35.5 Å². The molecule has 454 valence electrons. The maximum atomic E-state index is 15.3. The van der Waals surface area contributed by atoms with Crippen LogP contribution in [0.2, 0.25) is 0 Å². The molecule has 0 saturated carbocycles. The van der Waals surface area contributed by atoms with Crippen LogP contribution in [0, 0.1) is 0 Å². The van der Waals surface area contributed by atoms with Crippen LogP contribution in [0.1, 0.15) is 67.7 Å². The Bertz CT molecular complexity index is 2800. The molecule has 26 heteroatoms. The third-order valence-electron chi connectivity index (χ3n) is 13.0. The van der Waals surface area contributed by atoms with Gasteiger partial charge in [-0.2, -0.15) is 52.7 Å². The summed E-state index contributed by atoms with van der Waals surface area (Å²) >= 11 is 0. The smallest absolute Gasteiger partial charge is 0.432 e. The van der Waals surface area contributed by atoms with E-state index in [1.54, 1.807) is 0 Å². The number of ether oxygens (including phenoxy) is 9. The summed E-state index contributed by atoms with van der Waals surface area (Å²) in [5.41, 5.74) is -18.6. The second kappa shape index (κ2) is 28.8. The molecule has 0 amide bonds. The number of carbonyl (C=O) groups is 5. The SMILES string of the molecule is COC(=O)C[C@@H](C[C@H](C[C@@H](/C=C/C=C/CCC[C@@H](C)OC(=O)[C@@](OC)(c1ccccc1)C(F)(F)F)OC(=O)[C@@](OC)(c1ccccc1)C(F)(F)F)OC(=O)[C@@](OC)(c1ccccc1)C(F)(F)F)OC(=O)[C@@](OC)(c1ccccc1)C(F)(F)F. The Hall–Kier alpha value is -7.29. The third kappa shape index (κ3) is 15.3. The molecule has 0 aliphatic rings. The zero-order valence-corrected chi connectivity index (χ0v) is 45.2. The van der Waals surface area contributed by atoms with E-state index in [1.165, 1.54) is 55.5 Å². The number of carbonyl (C=O) groups excluding carboxylic acids is 5. The van der Waals surface area contributed by atoms with E-state index in [0.29, 0.717) is 28.4 Å². The molecule has 0 aliphatic carbocycles. The van der Waals surface area contributed by atoms with E-state index in [0.717, 1.165) is 104 Å². The lowest BCUT2D eigenvalue weighted by Crippen LogP contribution is -2.54. The lowest BCUT2D eigenvalue weighted by atomic mass is 9.91. The highest BCUT2D eigenvalue weighted by molar-refractivity contribution is 5.85. The van der Waals surface area contributed by atoms with Gasteiger partial charge in [-0.05, 0) is 32.3 Å². The van der Waals surface area contributed by atoms with Crippen molar-refractivity contribution in [1.82, 2.24) is 0 Å². The average Bonchev–Trinajstić information content (AvgIpc) is 1.71. The fraction of sp³-hybridized carbons (Fsp3) is 0.421. The molecule has 4 aromatic carbocycles. The molecule has 4 rings (SSSR count). The summed E-state index contributed by atoms with van der Waals surface area (Å²) in [5, 5.41) is 0. The van der Waals surface area contributed by atoms with Crippen molar-refractivity contribution in [3.8, 4) is 0 Å². The van der Waals surface area contributed by atoms with Crippen molar-refractivity contribution in [2.45, 2.75) is 117 Å². The monoisotopic (exact) mass is 1190 g/mol. The number of hydrogen-bond donors (Lipinski definition) is 0. The van der Waals surface area contributed by atoms with Gasteiger partial charge < -0.3 is 42.6 Å². The fourth-order valence-corrected chi connectivity index (χ4v) is 8.80. The zero-order valence-electron chi connectivity index (χ0n) is 45.2. The minimum Gasteiger partial charge on any atom is -0.469 e. The van der Waals surface area contributed by atoms with E-state index in [1.807, 2.05) is 0 Å². The Kier molecular flexibility index (Phi) is 23.7. The van der Waals surface area contributed by atoms with Crippen LogP contribution in [0.4, 0.5) is 52.7 Å². The summed E-state index contributed by atoms with van der Waals surface area (Å²) < 4.78 is 226. The van der Waals surface area contributed by atoms with Gasteiger partial charge in [0.25, 0.3) is 22.4 Å². The van der Waals surface area contributed by atoms with Crippen molar-refractivity contribution < 1.29 is 119 Å². The first-order valence-corrected chi connectivity index (χ1v) is 24.9. The zero-order chi connectivity index (χ0) is 62.1. The molecule has 0 heterocycles. The van der Waals surface area contributed by atoms with Crippen LogP contribution < -0.4 is 0 Å². The number of halogens is 12. The Balaban J connectivity index is 1.83. The quantitative estimate of drug-likeness (QED) is 0.0173. The van der Waals surface area contributed by atoms with Gasteiger partial charge in [0.1, 0.15) is 18.3 Å². The van der Waals surface area contributed by atoms with Gasteiger partial charge in [0.05, 0.1) is 19.6 Å². The molecule has 0 unspecified atom stereocenters. The molecule has 0 N–H and O–H groups in total. The predicted molar refractivity (Wildman–Crippen MR) is 268 cm³/mol. The summed E-state index contributed by atoms with van der Waals surface area (Å²) in [6, 6.07) is 21.4. The Labute approximate surface area is 468 Å². The van der Waals surface area contributed by atoms with Crippen LogP contribution >= 0.6 is 0 Å². The highest BCUT2D eigenvalue weighted by Gasteiger charge is 2.68. The van der Waals surface area contributed by atoms with E-state index >= 15 is 39.5 Å². The van der Waals surface area contributed by atoms with Crippen LogP contribution in [0.3, 0.4) is 0 Å². The van der Waals surface area contributed by atoms with Gasteiger partial charge in [0.2, 0.25) is 0 Å². The van der Waals surface area contributed by atoms with Crippen molar-refractivity contribution in [1.29, 1.82) is 0 Å². The van der Waals surface area contributed by atoms with E-state index in [-0.39, 0.29) is 19.3 Å². The Morgan fingerprint density at radius 2 is 0.759 bits per heavy atom. The average molecular weight is 1200 g/mol. The summed E-state index contributed by atoms with van der Waals surface area (Å²) in [5.74, 6) is -9.89. The predicted octanol–water partition coefficient (Wildman–Crippen LogP) is 11.7. The van der Waals surface area contributed by atoms with Crippen LogP contribution in [0.5, 0.6) is 0 Å². The van der Waals surface area contributed by atoms with E-state index in [4.69, 9.17) is 37.9 Å². The summed E-state index contributed by atoms with van der Waals surface area (Å²) in [6.45, 7) is 1.30. The molecule has 0 saturated heterocycles. The first kappa shape index (κ1) is 68.2. The number of alkyl halides is 12. The summed E-state index contributed by atoms with van der Waals surface area (Å²) in [4.78, 5) is 68.5. The van der Waals surface area contributed by atoms with Gasteiger partial charge in [0.15, 0.2) is 0 Å². The van der Waals surface area contributed by atoms with Gasteiger partial charge in [-0.15, -0.1) is 0 Å². The lowest BCUT2D eigenvalue weighted by molar-refractivity contribution is -0.280. The van der Waals surface area contributed by atoms with Crippen LogP contribution in [0.15, 0.2) is 146 Å². The molecular formula is C57H58F12O14. The lowest BCUT2D eigenvalue weighted by Gasteiger charge is -2.36. The molecule has 8 atom stereocenters. The molecule has 83 heavy (non-hydrogen) atoms. The summed E-state index contributed by atoms with van der Waals surface area (Å²) in [7, 11) is 2.93. The van der Waals surface area contributed by atoms with Crippen molar-refractivity contribution >= 4 is 29.8 Å². The second-order valence-electron chi connectivity index (χ2n) is 18.2. The standard InChI is InChI=1S/C57H58F12O14/c1-37(80-46(71)50(76-3,54(58,59)60)38-25-15-10-16-26-38)24-14-8-7-9-23-33-42(81-47(72)51(77-4,55(61,62)63)39-27-17-11-18-28-39)34-43(82-48(73)52(78-5,56(64,65)66)40-29-19-12-20-30-40)35-44(36-45(70)75-2)83-49(74)53(79-6,57(67,68)69)41-31-21-13-22-32-41/h7,9-13,15-23,25-33,37,42-44H,8,14,24,34-36H2,1-6H3/b9-7+,33-23+/t37-,42-,43+,44-,50+,51+,52+,53+/m1/s1. The van der Waals surface area contributed by atoms with Crippen LogP contribution in [0.25, 0.3) is 0 Å². The Morgan fingerprint density at radius 1 is 0.434 bits per heavy atom. The molecule has 0 bridgehead atoms. The van der Waals surface area contributed by atoms with E-state index in [2.05, 4.69) is 4.74 Å². The van der Waals surface area contributed by atoms with Crippen LogP contribution in [-0.4, -0.2) is 115 Å². The normalized spacial score (nSPS) is 16.9.